The molecule has 0 radical (unpaired) electrons. The molecule has 24 fully saturated rings. The summed E-state index contributed by atoms with van der Waals surface area (Å²) in [5, 5.41) is 0. The molecule has 0 N–H and O–H groups in total. The predicted octanol–water partition coefficient (Wildman–Crippen LogP) is 18.8. The maximum Gasteiger partial charge on any atom is 0.0326 e. The zero-order valence-electron chi connectivity index (χ0n) is 51.3. The Kier molecular flexibility index (Phi) is 11.8. The second-order valence-electron chi connectivity index (χ2n) is 36.3. The molecule has 0 amide bonds. The highest BCUT2D eigenvalue weighted by atomic mass is 14.6. The van der Waals surface area contributed by atoms with E-state index in [1.807, 2.05) is 0 Å². The zero-order valence-corrected chi connectivity index (χ0v) is 51.3. The predicted molar refractivity (Wildman–Crippen MR) is 338 cm³/mol. The highest BCUT2D eigenvalue weighted by Crippen LogP contribution is 2.65. The summed E-state index contributed by atoms with van der Waals surface area (Å²) in [5.41, 5.74) is 8.83. The molecule has 0 aromatic heterocycles. The number of rotatable bonds is 0. The first kappa shape index (κ1) is 51.8. The molecule has 0 heteroatoms. The molecule has 0 heterocycles. The van der Waals surface area contributed by atoms with Crippen molar-refractivity contribution in [3.8, 4) is 71.0 Å². The van der Waals surface area contributed by atoms with E-state index in [4.69, 9.17) is 0 Å². The Balaban J connectivity index is 0.000000124. The van der Waals surface area contributed by atoms with E-state index in [-0.39, 0.29) is 0 Å². The molecule has 24 aliphatic carbocycles. The second-order valence-corrected chi connectivity index (χ2v) is 36.3. The summed E-state index contributed by atoms with van der Waals surface area (Å²) >= 11 is 0. The van der Waals surface area contributed by atoms with Crippen molar-refractivity contribution < 1.29 is 0 Å². The molecule has 432 valence electrons. The third kappa shape index (κ3) is 9.67. The van der Waals surface area contributed by atoms with E-state index in [9.17, 15) is 0 Å². The van der Waals surface area contributed by atoms with Crippen molar-refractivity contribution in [2.75, 3.05) is 0 Å². The maximum atomic E-state index is 3.95. The topological polar surface area (TPSA) is 0 Å². The van der Waals surface area contributed by atoms with Crippen molar-refractivity contribution >= 4 is 0 Å². The Morgan fingerprint density at radius 2 is 0.262 bits per heavy atom. The first-order chi connectivity index (χ1) is 40.9. The zero-order chi connectivity index (χ0) is 55.0. The average molecular weight is 1110 g/mol. The van der Waals surface area contributed by atoms with E-state index >= 15 is 0 Å². The van der Waals surface area contributed by atoms with Gasteiger partial charge in [0.25, 0.3) is 0 Å². The Morgan fingerprint density at radius 1 is 0.167 bits per heavy atom. The normalized spacial score (nSPS) is 49.6. The van der Waals surface area contributed by atoms with Crippen molar-refractivity contribution in [1.82, 2.24) is 0 Å². The van der Waals surface area contributed by atoms with Crippen LogP contribution in [0.25, 0.3) is 0 Å². The Bertz CT molecular complexity index is 2630. The van der Waals surface area contributed by atoms with Gasteiger partial charge in [0.1, 0.15) is 0 Å². The molecule has 24 saturated carbocycles. The van der Waals surface area contributed by atoms with Crippen molar-refractivity contribution in [2.45, 2.75) is 231 Å². The van der Waals surface area contributed by atoms with E-state index in [1.54, 1.807) is 0 Å². The van der Waals surface area contributed by atoms with Crippen LogP contribution in [0.3, 0.4) is 0 Å². The van der Waals surface area contributed by atoms with E-state index in [0.717, 1.165) is 107 Å². The third-order valence-corrected chi connectivity index (χ3v) is 28.9. The summed E-state index contributed by atoms with van der Waals surface area (Å²) in [5.74, 6) is 63.5. The molecule has 0 atom stereocenters. The third-order valence-electron chi connectivity index (χ3n) is 28.9. The summed E-state index contributed by atoms with van der Waals surface area (Å²) in [4.78, 5) is 0. The molecular weight excluding hydrogens is 1010 g/mol. The summed E-state index contributed by atoms with van der Waals surface area (Å²) in [7, 11) is 0. The lowest BCUT2D eigenvalue weighted by Crippen LogP contribution is -2.45. The van der Waals surface area contributed by atoms with Gasteiger partial charge in [0.15, 0.2) is 0 Å². The van der Waals surface area contributed by atoms with E-state index in [1.165, 1.54) is 265 Å². The minimum absolute atomic E-state index is 0.292. The van der Waals surface area contributed by atoms with Gasteiger partial charge in [0.2, 0.25) is 0 Å². The van der Waals surface area contributed by atoms with E-state index < -0.39 is 0 Å². The summed E-state index contributed by atoms with van der Waals surface area (Å²) < 4.78 is 0. The Morgan fingerprint density at radius 3 is 0.357 bits per heavy atom. The summed E-state index contributed by atoms with van der Waals surface area (Å²) in [6.07, 6.45) is 51.2. The van der Waals surface area contributed by atoms with Crippen LogP contribution < -0.4 is 0 Å². The molecule has 24 aliphatic rings. The maximum absolute atomic E-state index is 3.95. The smallest absolute Gasteiger partial charge is 0.0326 e. The lowest BCUT2D eigenvalue weighted by Gasteiger charge is -2.54. The van der Waals surface area contributed by atoms with Crippen LogP contribution in [0.4, 0.5) is 0 Å². The monoisotopic (exact) mass is 1100 g/mol. The van der Waals surface area contributed by atoms with Crippen molar-refractivity contribution in [3.63, 3.8) is 0 Å². The van der Waals surface area contributed by atoms with E-state index in [0.29, 0.717) is 32.5 Å². The van der Waals surface area contributed by atoms with Gasteiger partial charge in [-0.1, -0.05) is 71.0 Å². The van der Waals surface area contributed by atoms with Gasteiger partial charge in [-0.2, -0.15) is 0 Å². The lowest BCUT2D eigenvalue weighted by molar-refractivity contribution is -0.0182. The molecule has 2 aromatic rings. The van der Waals surface area contributed by atoms with Crippen LogP contribution in [0.5, 0.6) is 0 Å². The number of hydrogen-bond acceptors (Lipinski definition) is 0. The molecule has 0 saturated heterocycles. The van der Waals surface area contributed by atoms with Gasteiger partial charge in [-0.05, 0) is 374 Å². The quantitative estimate of drug-likeness (QED) is 0.231. The van der Waals surface area contributed by atoms with Crippen LogP contribution in [-0.4, -0.2) is 0 Å². The molecule has 2 aromatic carbocycles. The fourth-order valence-corrected chi connectivity index (χ4v) is 28.5. The average Bonchev–Trinajstić information content (AvgIpc) is 3.44. The minimum atomic E-state index is 0.292. The number of hydrogen-bond donors (Lipinski definition) is 0. The Labute approximate surface area is 508 Å². The standard InChI is InChI=1S/2C42H48/c2*1(4-40-19-31-10-32(20-40)12-33(11-31)21-40)28-7-29(2-5-41-22-34-13-35(23-41)15-36(14-34)24-41)9-30(8-28)3-6-42-25-37-16-38(26-42)18-39(17-37)27-42/h2*7-9,31-39H,10-27H2. The van der Waals surface area contributed by atoms with Gasteiger partial charge in [0, 0.05) is 65.9 Å². The SMILES string of the molecule is C(#CC12CC3CC(CC(C3)C1)C2)c1cc(C#CC23CC4CC(CC(C4)C2)C3)cc(C#CC23CC4CC(CC(C4)C2)C3)c1.C(#CC12CC3CC(CC(C3)C1)C2)c1cc(C#CC23CC4CC(CC(C4)C2)C3)cc(C#CC23CC4CC(CC(C4)C2)C3)c1. The van der Waals surface area contributed by atoms with Crippen LogP contribution in [0.2, 0.25) is 0 Å². The second kappa shape index (κ2) is 19.2. The first-order valence-corrected chi connectivity index (χ1v) is 36.4. The van der Waals surface area contributed by atoms with Crippen molar-refractivity contribution in [3.05, 3.63) is 69.8 Å². The van der Waals surface area contributed by atoms with Crippen LogP contribution >= 0.6 is 0 Å². The van der Waals surface area contributed by atoms with Gasteiger partial charge in [0.05, 0.1) is 0 Å². The molecule has 24 bridgehead atoms. The summed E-state index contributed by atoms with van der Waals surface area (Å²) in [6.45, 7) is 0. The van der Waals surface area contributed by atoms with Gasteiger partial charge < -0.3 is 0 Å². The molecule has 26 rings (SSSR count). The molecule has 0 nitrogen and oxygen atoms in total. The van der Waals surface area contributed by atoms with Crippen LogP contribution in [0, 0.1) is 210 Å². The van der Waals surface area contributed by atoms with Crippen molar-refractivity contribution in [1.29, 1.82) is 0 Å². The van der Waals surface area contributed by atoms with Crippen LogP contribution in [0.15, 0.2) is 36.4 Å². The highest BCUT2D eigenvalue weighted by Gasteiger charge is 2.55. The van der Waals surface area contributed by atoms with Gasteiger partial charge in [-0.15, -0.1) is 0 Å². The molecule has 84 heavy (non-hydrogen) atoms. The summed E-state index contributed by atoms with van der Waals surface area (Å²) in [6, 6.07) is 14.0. The van der Waals surface area contributed by atoms with Crippen LogP contribution in [-0.2, 0) is 0 Å². The van der Waals surface area contributed by atoms with E-state index in [2.05, 4.69) is 107 Å². The molecule has 0 spiro atoms. The van der Waals surface area contributed by atoms with Crippen molar-refractivity contribution in [2.24, 2.45) is 139 Å². The minimum Gasteiger partial charge on any atom is -0.0911 e. The fourth-order valence-electron chi connectivity index (χ4n) is 28.5. The first-order valence-electron chi connectivity index (χ1n) is 36.4. The molecule has 0 unspecified atom stereocenters. The van der Waals surface area contributed by atoms with Gasteiger partial charge in [-0.25, -0.2) is 0 Å². The van der Waals surface area contributed by atoms with Crippen LogP contribution in [0.1, 0.15) is 265 Å². The largest absolute Gasteiger partial charge is 0.0911 e. The number of benzene rings is 2. The molecular formula is C84H96. The lowest BCUT2D eigenvalue weighted by atomic mass is 9.50. The Hall–Kier alpha value is -4.20. The van der Waals surface area contributed by atoms with Gasteiger partial charge >= 0.3 is 0 Å². The molecule has 0 aliphatic heterocycles. The van der Waals surface area contributed by atoms with Gasteiger partial charge in [-0.3, -0.25) is 0 Å². The fraction of sp³-hybridized carbons (Fsp3) is 0.714. The highest BCUT2D eigenvalue weighted by molar-refractivity contribution is 5.54.